The molecule has 2 aliphatic heterocycles. The summed E-state index contributed by atoms with van der Waals surface area (Å²) in [6.45, 7) is 1.95. The van der Waals surface area contributed by atoms with Crippen LogP contribution in [-0.2, 0) is 23.9 Å². The first kappa shape index (κ1) is 20.8. The highest BCUT2D eigenvalue weighted by molar-refractivity contribution is 8.02. The third kappa shape index (κ3) is 2.36. The molecule has 0 N–H and O–H groups in total. The van der Waals surface area contributed by atoms with E-state index < -0.39 is 27.7 Å². The van der Waals surface area contributed by atoms with Gasteiger partial charge in [0, 0.05) is 4.91 Å². The van der Waals surface area contributed by atoms with Gasteiger partial charge >= 0.3 is 5.97 Å². The lowest BCUT2D eigenvalue weighted by atomic mass is 9.81. The maximum Gasteiger partial charge on any atom is 0.331 e. The molecule has 1 amide bonds. The van der Waals surface area contributed by atoms with Crippen LogP contribution in [0.25, 0.3) is 21.6 Å². The molecule has 0 radical (unpaired) electrons. The number of β-lactam (4-membered cyclic amide) rings is 1. The second-order valence-electron chi connectivity index (χ2n) is 8.46. The van der Waals surface area contributed by atoms with E-state index in [4.69, 9.17) is 4.74 Å². The summed E-state index contributed by atoms with van der Waals surface area (Å²) in [5.41, 5.74) is 14.1. The van der Waals surface area contributed by atoms with E-state index in [1.54, 1.807) is 11.8 Å². The van der Waals surface area contributed by atoms with Crippen LogP contribution in [-0.4, -0.2) is 35.5 Å². The molecule has 0 bridgehead atoms. The van der Waals surface area contributed by atoms with Gasteiger partial charge < -0.3 is 9.64 Å². The fraction of sp³-hybridized carbons (Fsp3) is 0.231. The number of ether oxygens (including phenoxy) is 1. The number of fused-ring (bicyclic) bond motifs is 6. The molecule has 1 spiro atoms. The van der Waals surface area contributed by atoms with Gasteiger partial charge in [-0.1, -0.05) is 84.0 Å². The highest BCUT2D eigenvalue weighted by atomic mass is 32.2. The van der Waals surface area contributed by atoms with Crippen LogP contribution in [0.3, 0.4) is 0 Å². The van der Waals surface area contributed by atoms with Crippen molar-refractivity contribution in [1.82, 2.24) is 4.90 Å². The molecule has 3 aromatic rings. The van der Waals surface area contributed by atoms with Crippen molar-refractivity contribution in [3.05, 3.63) is 106 Å². The fourth-order valence-corrected chi connectivity index (χ4v) is 7.96. The molecule has 2 fully saturated rings. The Morgan fingerprint density at radius 1 is 1.03 bits per heavy atom. The van der Waals surface area contributed by atoms with Crippen molar-refractivity contribution in [1.29, 1.82) is 0 Å². The van der Waals surface area contributed by atoms with Crippen molar-refractivity contribution in [3.8, 4) is 11.1 Å². The number of carbonyl (C=O) groups excluding carboxylic acids is 2. The number of azide groups is 1. The van der Waals surface area contributed by atoms with Crippen molar-refractivity contribution >= 4 is 23.6 Å². The molecule has 2 heterocycles. The molecular weight excluding hydrogens is 448 g/mol. The Bertz CT molecular complexity index is 1340. The SMILES string of the molecule is CCOC(=O)[C@H]1N2C(=O)[C@@H](N=[N+]=[N-])C2(c2ccccc2)SC12c1ccccc1-c1ccccc12. The first-order chi connectivity index (χ1) is 16.6. The summed E-state index contributed by atoms with van der Waals surface area (Å²) in [5, 5.41) is 3.92. The summed E-state index contributed by atoms with van der Waals surface area (Å²) in [5.74, 6) is -0.835. The number of esters is 1. The lowest BCUT2D eigenvalue weighted by Crippen LogP contribution is -2.70. The predicted octanol–water partition coefficient (Wildman–Crippen LogP) is 4.96. The van der Waals surface area contributed by atoms with Crippen LogP contribution in [0.2, 0.25) is 0 Å². The number of hydrogen-bond donors (Lipinski definition) is 0. The second-order valence-corrected chi connectivity index (χ2v) is 9.93. The van der Waals surface area contributed by atoms with Crippen LogP contribution in [0.5, 0.6) is 0 Å². The van der Waals surface area contributed by atoms with Gasteiger partial charge in [0.2, 0.25) is 5.91 Å². The van der Waals surface area contributed by atoms with E-state index in [2.05, 4.69) is 10.0 Å². The summed E-state index contributed by atoms with van der Waals surface area (Å²) in [6, 6.07) is 23.6. The first-order valence-electron chi connectivity index (χ1n) is 11.1. The third-order valence-corrected chi connectivity index (χ3v) is 8.92. The molecule has 6 rings (SSSR count). The first-order valence-corrected chi connectivity index (χ1v) is 11.9. The van der Waals surface area contributed by atoms with Crippen LogP contribution in [0, 0.1) is 0 Å². The van der Waals surface area contributed by atoms with Crippen molar-refractivity contribution in [2.75, 3.05) is 6.61 Å². The third-order valence-electron chi connectivity index (χ3n) is 6.97. The summed E-state index contributed by atoms with van der Waals surface area (Å²) in [6.07, 6.45) is 0. The van der Waals surface area contributed by atoms with Gasteiger partial charge in [0.25, 0.3) is 0 Å². The molecule has 34 heavy (non-hydrogen) atoms. The molecule has 3 aromatic carbocycles. The van der Waals surface area contributed by atoms with Crippen molar-refractivity contribution in [3.63, 3.8) is 0 Å². The molecule has 2 saturated heterocycles. The number of hydrogen-bond acceptors (Lipinski definition) is 5. The van der Waals surface area contributed by atoms with E-state index in [9.17, 15) is 15.1 Å². The Labute approximate surface area is 200 Å². The Kier molecular flexibility index (Phi) is 4.52. The zero-order valence-electron chi connectivity index (χ0n) is 18.3. The van der Waals surface area contributed by atoms with E-state index in [0.717, 1.165) is 27.8 Å². The summed E-state index contributed by atoms with van der Waals surface area (Å²) in [4.78, 5) is 30.8. The minimum atomic E-state index is -1.04. The molecule has 8 heteroatoms. The summed E-state index contributed by atoms with van der Waals surface area (Å²) < 4.78 is 4.66. The van der Waals surface area contributed by atoms with Crippen molar-refractivity contribution < 1.29 is 14.3 Å². The zero-order chi connectivity index (χ0) is 23.5. The lowest BCUT2D eigenvalue weighted by Gasteiger charge is -2.52. The number of amides is 1. The number of carbonyl (C=O) groups is 2. The highest BCUT2D eigenvalue weighted by Crippen LogP contribution is 2.73. The van der Waals surface area contributed by atoms with Gasteiger partial charge in [-0.05, 0) is 40.3 Å². The van der Waals surface area contributed by atoms with Gasteiger partial charge in [0.15, 0.2) is 12.1 Å². The molecule has 1 unspecified atom stereocenters. The maximum atomic E-state index is 13.7. The van der Waals surface area contributed by atoms with Gasteiger partial charge in [0.1, 0.15) is 9.62 Å². The van der Waals surface area contributed by atoms with Gasteiger partial charge in [-0.3, -0.25) is 4.79 Å². The minimum Gasteiger partial charge on any atom is -0.464 e. The number of nitrogens with zero attached hydrogens (tertiary/aromatic N) is 4. The standard InChI is InChI=1S/C26H20N4O3S/c1-2-33-24(32)22-25(19-14-8-6-12-17(19)18-13-7-9-15-20(18)25)34-26(16-10-4-3-5-11-16)21(28-29-27)23(31)30(22)26/h3-15,21-22H,2H2,1H3/t21-,22-,26?/m1/s1. The maximum absolute atomic E-state index is 13.7. The van der Waals surface area contributed by atoms with E-state index in [-0.39, 0.29) is 12.5 Å². The summed E-state index contributed by atoms with van der Waals surface area (Å²) >= 11 is 1.51. The minimum absolute atomic E-state index is 0.194. The van der Waals surface area contributed by atoms with Crippen LogP contribution in [0.1, 0.15) is 23.6 Å². The zero-order valence-corrected chi connectivity index (χ0v) is 19.1. The quantitative estimate of drug-likeness (QED) is 0.178. The smallest absolute Gasteiger partial charge is 0.331 e. The Hall–Kier alpha value is -3.74. The molecule has 3 aliphatic rings. The molecule has 3 atom stereocenters. The van der Waals surface area contributed by atoms with Gasteiger partial charge in [0.05, 0.1) is 6.61 Å². The van der Waals surface area contributed by atoms with E-state index >= 15 is 0 Å². The fourth-order valence-electron chi connectivity index (χ4n) is 5.77. The number of thioether (sulfide) groups is 1. The van der Waals surface area contributed by atoms with Crippen molar-refractivity contribution in [2.45, 2.75) is 28.6 Å². The van der Waals surface area contributed by atoms with E-state index in [1.807, 2.05) is 78.9 Å². The Morgan fingerprint density at radius 2 is 1.62 bits per heavy atom. The molecule has 1 aliphatic carbocycles. The van der Waals surface area contributed by atoms with Gasteiger partial charge in [-0.2, -0.15) is 0 Å². The van der Waals surface area contributed by atoms with E-state index in [0.29, 0.717) is 0 Å². The lowest BCUT2D eigenvalue weighted by molar-refractivity contribution is -0.169. The molecule has 0 aromatic heterocycles. The van der Waals surface area contributed by atoms with Crippen LogP contribution < -0.4 is 0 Å². The molecule has 0 saturated carbocycles. The Balaban J connectivity index is 1.69. The second kappa shape index (κ2) is 7.38. The highest BCUT2D eigenvalue weighted by Gasteiger charge is 2.77. The Morgan fingerprint density at radius 3 is 2.21 bits per heavy atom. The van der Waals surface area contributed by atoms with Crippen molar-refractivity contribution in [2.24, 2.45) is 5.11 Å². The molecular formula is C26H20N4O3S. The van der Waals surface area contributed by atoms with Crippen LogP contribution >= 0.6 is 11.8 Å². The topological polar surface area (TPSA) is 95.4 Å². The normalized spacial score (nSPS) is 25.1. The average molecular weight is 469 g/mol. The van der Waals surface area contributed by atoms with Gasteiger partial charge in [-0.25, -0.2) is 4.79 Å². The summed E-state index contributed by atoms with van der Waals surface area (Å²) in [7, 11) is 0. The van der Waals surface area contributed by atoms with Crippen LogP contribution in [0.4, 0.5) is 0 Å². The average Bonchev–Trinajstić information content (AvgIpc) is 3.33. The number of rotatable bonds is 4. The molecule has 7 nitrogen and oxygen atoms in total. The van der Waals surface area contributed by atoms with Gasteiger partial charge in [-0.15, -0.1) is 11.8 Å². The predicted molar refractivity (Wildman–Crippen MR) is 129 cm³/mol. The monoisotopic (exact) mass is 468 g/mol. The van der Waals surface area contributed by atoms with Crippen LogP contribution in [0.15, 0.2) is 84.0 Å². The number of benzene rings is 3. The largest absolute Gasteiger partial charge is 0.464 e. The molecule has 168 valence electrons. The van der Waals surface area contributed by atoms with E-state index in [1.165, 1.54) is 11.8 Å².